The number of thiophene rings is 1. The number of carbonyl (C=O) groups is 1. The molecule has 2 aromatic heterocycles. The quantitative estimate of drug-likeness (QED) is 0.607. The van der Waals surface area contributed by atoms with Gasteiger partial charge in [0.1, 0.15) is 10.8 Å². The van der Waals surface area contributed by atoms with Crippen LogP contribution in [0.25, 0.3) is 0 Å². The number of benzene rings is 1. The largest absolute Gasteiger partial charge is 0.459 e. The van der Waals surface area contributed by atoms with Gasteiger partial charge < -0.3 is 9.73 Å². The van der Waals surface area contributed by atoms with E-state index in [1.807, 2.05) is 19.1 Å². The zero-order valence-electron chi connectivity index (χ0n) is 15.8. The van der Waals surface area contributed by atoms with Crippen molar-refractivity contribution in [1.29, 1.82) is 0 Å². The fourth-order valence-electron chi connectivity index (χ4n) is 3.84. The number of anilines is 1. The maximum atomic E-state index is 14.8. The number of carbonyl (C=O) groups excluding carboxylic acids is 1. The highest BCUT2D eigenvalue weighted by Crippen LogP contribution is 2.40. The number of piperidine rings is 1. The van der Waals surface area contributed by atoms with Gasteiger partial charge in [-0.05, 0) is 57.1 Å². The lowest BCUT2D eigenvalue weighted by Gasteiger charge is -2.35. The van der Waals surface area contributed by atoms with Crippen molar-refractivity contribution in [2.24, 2.45) is 0 Å². The number of aryl methyl sites for hydroxylation is 1. The summed E-state index contributed by atoms with van der Waals surface area (Å²) in [7, 11) is 0. The Morgan fingerprint density at radius 2 is 1.93 bits per heavy atom. The van der Waals surface area contributed by atoms with Gasteiger partial charge >= 0.3 is 0 Å². The Balaban J connectivity index is 1.74. The van der Waals surface area contributed by atoms with Gasteiger partial charge in [0.15, 0.2) is 5.76 Å². The van der Waals surface area contributed by atoms with Crippen LogP contribution in [0.1, 0.15) is 51.9 Å². The molecule has 4 rings (SSSR count). The molecule has 1 amide bonds. The maximum absolute atomic E-state index is 14.8. The van der Waals surface area contributed by atoms with E-state index in [4.69, 9.17) is 4.42 Å². The summed E-state index contributed by atoms with van der Waals surface area (Å²) in [6.45, 7) is 3.84. The van der Waals surface area contributed by atoms with Crippen LogP contribution in [0.2, 0.25) is 0 Å². The third-order valence-corrected chi connectivity index (χ3v) is 6.09. The summed E-state index contributed by atoms with van der Waals surface area (Å²) in [6, 6.07) is 12.1. The Kier molecular flexibility index (Phi) is 5.59. The topological polar surface area (TPSA) is 45.5 Å². The van der Waals surface area contributed by atoms with Crippen LogP contribution >= 0.6 is 11.3 Å². The summed E-state index contributed by atoms with van der Waals surface area (Å²) in [5.41, 5.74) is 1.59. The minimum Gasteiger partial charge on any atom is -0.459 e. The smallest absolute Gasteiger partial charge is 0.291 e. The van der Waals surface area contributed by atoms with Gasteiger partial charge in [-0.1, -0.05) is 24.6 Å². The minimum absolute atomic E-state index is 0.217. The third kappa shape index (κ3) is 3.88. The molecule has 0 radical (unpaired) electrons. The summed E-state index contributed by atoms with van der Waals surface area (Å²) >= 11 is 1.51. The molecule has 1 aliphatic heterocycles. The molecule has 0 aliphatic carbocycles. The molecule has 1 atom stereocenters. The Labute approximate surface area is 168 Å². The van der Waals surface area contributed by atoms with Crippen molar-refractivity contribution in [2.45, 2.75) is 32.2 Å². The highest BCUT2D eigenvalue weighted by molar-refractivity contribution is 7.16. The van der Waals surface area contributed by atoms with Crippen molar-refractivity contribution in [3.8, 4) is 0 Å². The SMILES string of the molecule is Cc1cc(C(c2ccccc2F)N2CCCCC2)c(NC(=O)c2ccco2)s1. The number of hydrogen-bond acceptors (Lipinski definition) is 4. The summed E-state index contributed by atoms with van der Waals surface area (Å²) in [5, 5.41) is 3.73. The summed E-state index contributed by atoms with van der Waals surface area (Å²) in [4.78, 5) is 16.0. The number of halogens is 1. The van der Waals surface area contributed by atoms with Gasteiger partial charge in [-0.2, -0.15) is 0 Å². The molecule has 4 nitrogen and oxygen atoms in total. The molecule has 1 saturated heterocycles. The van der Waals surface area contributed by atoms with Crippen LogP contribution in [0, 0.1) is 12.7 Å². The normalized spacial score (nSPS) is 16.1. The van der Waals surface area contributed by atoms with E-state index >= 15 is 0 Å². The molecule has 3 aromatic rings. The standard InChI is InChI=1S/C22H23FN2O2S/c1-15-14-17(22(28-15)24-21(26)19-10-7-13-27-19)20(25-11-5-2-6-12-25)16-8-3-4-9-18(16)23/h3-4,7-10,13-14,20H,2,5-6,11-12H2,1H3,(H,24,26). The van der Waals surface area contributed by atoms with E-state index in [0.717, 1.165) is 41.4 Å². The van der Waals surface area contributed by atoms with Gasteiger partial charge in [0, 0.05) is 16.0 Å². The molecule has 146 valence electrons. The van der Waals surface area contributed by atoms with Gasteiger partial charge in [0.2, 0.25) is 0 Å². The van der Waals surface area contributed by atoms with E-state index in [0.29, 0.717) is 5.56 Å². The van der Waals surface area contributed by atoms with Crippen LogP contribution in [0.5, 0.6) is 0 Å². The molecule has 0 saturated carbocycles. The lowest BCUT2D eigenvalue weighted by Crippen LogP contribution is -2.35. The molecule has 0 spiro atoms. The highest BCUT2D eigenvalue weighted by Gasteiger charge is 2.30. The number of likely N-dealkylation sites (tertiary alicyclic amines) is 1. The van der Waals surface area contributed by atoms with Crippen molar-refractivity contribution in [2.75, 3.05) is 18.4 Å². The van der Waals surface area contributed by atoms with Crippen LogP contribution in [0.15, 0.2) is 53.1 Å². The van der Waals surface area contributed by atoms with Gasteiger partial charge in [0.25, 0.3) is 5.91 Å². The average molecular weight is 399 g/mol. The first-order valence-corrected chi connectivity index (χ1v) is 10.4. The summed E-state index contributed by atoms with van der Waals surface area (Å²) in [6.07, 6.45) is 4.88. The van der Waals surface area contributed by atoms with Gasteiger partial charge in [0.05, 0.1) is 12.3 Å². The second kappa shape index (κ2) is 8.29. The number of rotatable bonds is 5. The Bertz CT molecular complexity index is 945. The fourth-order valence-corrected chi connectivity index (χ4v) is 4.78. The molecule has 1 N–H and O–H groups in total. The van der Waals surface area contributed by atoms with E-state index in [2.05, 4.69) is 16.3 Å². The van der Waals surface area contributed by atoms with E-state index in [-0.39, 0.29) is 23.5 Å². The molecule has 1 unspecified atom stereocenters. The first-order valence-electron chi connectivity index (χ1n) is 9.57. The molecule has 1 fully saturated rings. The van der Waals surface area contributed by atoms with Crippen molar-refractivity contribution >= 4 is 22.2 Å². The van der Waals surface area contributed by atoms with Gasteiger partial charge in [-0.25, -0.2) is 4.39 Å². The second-order valence-corrected chi connectivity index (χ2v) is 8.35. The van der Waals surface area contributed by atoms with Crippen molar-refractivity contribution < 1.29 is 13.6 Å². The first kappa shape index (κ1) is 18.9. The second-order valence-electron chi connectivity index (χ2n) is 7.09. The predicted molar refractivity (Wildman–Crippen MR) is 109 cm³/mol. The van der Waals surface area contributed by atoms with Crippen molar-refractivity contribution in [3.63, 3.8) is 0 Å². The molecule has 1 aliphatic rings. The number of amides is 1. The average Bonchev–Trinajstić information content (AvgIpc) is 3.35. The highest BCUT2D eigenvalue weighted by atomic mass is 32.1. The van der Waals surface area contributed by atoms with E-state index < -0.39 is 0 Å². The zero-order valence-corrected chi connectivity index (χ0v) is 16.6. The van der Waals surface area contributed by atoms with Crippen molar-refractivity contribution in [1.82, 2.24) is 4.90 Å². The van der Waals surface area contributed by atoms with E-state index in [9.17, 15) is 9.18 Å². The van der Waals surface area contributed by atoms with Crippen molar-refractivity contribution in [3.05, 3.63) is 76.3 Å². The maximum Gasteiger partial charge on any atom is 0.291 e. The molecular formula is C22H23FN2O2S. The van der Waals surface area contributed by atoms with E-state index in [1.165, 1.54) is 30.1 Å². The van der Waals surface area contributed by atoms with Crippen LogP contribution in [0.3, 0.4) is 0 Å². The van der Waals surface area contributed by atoms with E-state index in [1.54, 1.807) is 18.2 Å². The van der Waals surface area contributed by atoms with Crippen LogP contribution in [-0.2, 0) is 0 Å². The Morgan fingerprint density at radius 1 is 1.14 bits per heavy atom. The zero-order chi connectivity index (χ0) is 19.5. The fraction of sp³-hybridized carbons (Fsp3) is 0.318. The van der Waals surface area contributed by atoms with Gasteiger partial charge in [-0.3, -0.25) is 9.69 Å². The monoisotopic (exact) mass is 398 g/mol. The molecule has 6 heteroatoms. The summed E-state index contributed by atoms with van der Waals surface area (Å²) < 4.78 is 20.0. The number of furan rings is 1. The molecule has 28 heavy (non-hydrogen) atoms. The number of hydrogen-bond donors (Lipinski definition) is 1. The van der Waals surface area contributed by atoms with Crippen LogP contribution in [0.4, 0.5) is 9.39 Å². The lowest BCUT2D eigenvalue weighted by molar-refractivity contribution is 0.0996. The lowest BCUT2D eigenvalue weighted by atomic mass is 9.95. The molecule has 3 heterocycles. The van der Waals surface area contributed by atoms with Crippen LogP contribution < -0.4 is 5.32 Å². The number of nitrogens with one attached hydrogen (secondary N) is 1. The number of nitrogens with zero attached hydrogens (tertiary/aromatic N) is 1. The van der Waals surface area contributed by atoms with Gasteiger partial charge in [-0.15, -0.1) is 11.3 Å². The molecule has 0 bridgehead atoms. The molecule has 1 aromatic carbocycles. The summed E-state index contributed by atoms with van der Waals surface area (Å²) in [5.74, 6) is -0.248. The first-order chi connectivity index (χ1) is 13.6. The molecular weight excluding hydrogens is 375 g/mol. The Hall–Kier alpha value is -2.44. The Morgan fingerprint density at radius 3 is 2.64 bits per heavy atom. The predicted octanol–water partition coefficient (Wildman–Crippen LogP) is 5.62. The van der Waals surface area contributed by atoms with Crippen LogP contribution in [-0.4, -0.2) is 23.9 Å². The minimum atomic E-state index is -0.293. The third-order valence-electron chi connectivity index (χ3n) is 5.11.